The number of carbonyl (C=O) groups excluding carboxylic acids is 2. The molecule has 2 aliphatic heterocycles. The topological polar surface area (TPSA) is 84.0 Å². The molecule has 0 bridgehead atoms. The maximum atomic E-state index is 13.2. The van der Waals surface area contributed by atoms with E-state index in [4.69, 9.17) is 4.74 Å². The van der Waals surface area contributed by atoms with Gasteiger partial charge in [0, 0.05) is 43.6 Å². The number of piperidine rings is 1. The van der Waals surface area contributed by atoms with Crippen LogP contribution in [0.15, 0.2) is 53.4 Å². The lowest BCUT2D eigenvalue weighted by atomic mass is 9.99. The van der Waals surface area contributed by atoms with E-state index >= 15 is 0 Å². The highest BCUT2D eigenvalue weighted by atomic mass is 32.2. The molecular formula is C24H28N2O5S. The highest BCUT2D eigenvalue weighted by Crippen LogP contribution is 2.37. The van der Waals surface area contributed by atoms with Gasteiger partial charge in [-0.05, 0) is 43.2 Å². The average Bonchev–Trinajstić information content (AvgIpc) is 3.21. The van der Waals surface area contributed by atoms with Gasteiger partial charge in [0.1, 0.15) is 5.72 Å². The molecule has 4 rings (SSSR count). The van der Waals surface area contributed by atoms with E-state index in [-0.39, 0.29) is 29.7 Å². The van der Waals surface area contributed by atoms with Crippen LogP contribution in [0.25, 0.3) is 0 Å². The van der Waals surface area contributed by atoms with Gasteiger partial charge >= 0.3 is 0 Å². The number of benzene rings is 2. The van der Waals surface area contributed by atoms with Gasteiger partial charge in [0.05, 0.1) is 11.5 Å². The van der Waals surface area contributed by atoms with Gasteiger partial charge in [-0.25, -0.2) is 8.42 Å². The van der Waals surface area contributed by atoms with Crippen LogP contribution in [-0.4, -0.2) is 61.3 Å². The standard InChI is InChI=1S/C24H28N2O5S/c1-3-19-4-10-22(11-5-19)32(29,30)25-14-12-24(13-15-25)26(16-17-31-24)23(28)21-8-6-20(7-9-21)18(2)27/h4-11H,3,12-17H2,1-2H3. The Bertz CT molecular complexity index is 1100. The monoisotopic (exact) mass is 456 g/mol. The van der Waals surface area contributed by atoms with Crippen molar-refractivity contribution in [1.29, 1.82) is 0 Å². The summed E-state index contributed by atoms with van der Waals surface area (Å²) < 4.78 is 33.7. The van der Waals surface area contributed by atoms with Crippen LogP contribution in [0.5, 0.6) is 0 Å². The van der Waals surface area contributed by atoms with E-state index in [1.165, 1.54) is 11.2 Å². The maximum absolute atomic E-state index is 13.2. The van der Waals surface area contributed by atoms with E-state index in [2.05, 4.69) is 0 Å². The second-order valence-electron chi connectivity index (χ2n) is 8.29. The van der Waals surface area contributed by atoms with Crippen LogP contribution in [0.2, 0.25) is 0 Å². The Morgan fingerprint density at radius 2 is 1.53 bits per heavy atom. The molecule has 2 saturated heterocycles. The highest BCUT2D eigenvalue weighted by Gasteiger charge is 2.48. The number of ketones is 1. The molecule has 2 heterocycles. The zero-order chi connectivity index (χ0) is 22.9. The van der Waals surface area contributed by atoms with E-state index in [0.717, 1.165) is 12.0 Å². The first-order valence-corrected chi connectivity index (χ1v) is 12.4. The number of carbonyl (C=O) groups is 2. The quantitative estimate of drug-likeness (QED) is 0.646. The fourth-order valence-corrected chi connectivity index (χ4v) is 5.88. The summed E-state index contributed by atoms with van der Waals surface area (Å²) in [4.78, 5) is 26.7. The molecule has 7 nitrogen and oxygen atoms in total. The summed E-state index contributed by atoms with van der Waals surface area (Å²) in [6, 6.07) is 13.6. The number of hydrogen-bond acceptors (Lipinski definition) is 5. The number of nitrogens with zero attached hydrogens (tertiary/aromatic N) is 2. The Hall–Kier alpha value is -2.55. The molecule has 0 radical (unpaired) electrons. The fourth-order valence-electron chi connectivity index (χ4n) is 4.43. The van der Waals surface area contributed by atoms with Gasteiger partial charge in [-0.2, -0.15) is 4.31 Å². The van der Waals surface area contributed by atoms with Crippen molar-refractivity contribution in [3.63, 3.8) is 0 Å². The molecule has 1 amide bonds. The zero-order valence-corrected chi connectivity index (χ0v) is 19.2. The van der Waals surface area contributed by atoms with Crippen LogP contribution in [0.1, 0.15) is 53.0 Å². The van der Waals surface area contributed by atoms with Gasteiger partial charge < -0.3 is 9.64 Å². The zero-order valence-electron chi connectivity index (χ0n) is 18.4. The third-order valence-corrected chi connectivity index (χ3v) is 8.35. The minimum Gasteiger partial charge on any atom is -0.354 e. The van der Waals surface area contributed by atoms with Crippen molar-refractivity contribution in [2.45, 2.75) is 43.7 Å². The van der Waals surface area contributed by atoms with Crippen LogP contribution >= 0.6 is 0 Å². The Morgan fingerprint density at radius 3 is 2.09 bits per heavy atom. The third kappa shape index (κ3) is 4.10. The van der Waals surface area contributed by atoms with Crippen molar-refractivity contribution >= 4 is 21.7 Å². The summed E-state index contributed by atoms with van der Waals surface area (Å²) in [7, 11) is -3.59. The maximum Gasteiger partial charge on any atom is 0.256 e. The fraction of sp³-hybridized carbons (Fsp3) is 0.417. The summed E-state index contributed by atoms with van der Waals surface area (Å²) in [5.41, 5.74) is 1.34. The number of amides is 1. The van der Waals surface area contributed by atoms with Gasteiger partial charge in [-0.1, -0.05) is 31.2 Å². The average molecular weight is 457 g/mol. The van der Waals surface area contributed by atoms with Gasteiger partial charge in [-0.3, -0.25) is 9.59 Å². The SMILES string of the molecule is CCc1ccc(S(=O)(=O)N2CCC3(CC2)OCCN3C(=O)c2ccc(C(C)=O)cc2)cc1. The summed E-state index contributed by atoms with van der Waals surface area (Å²) >= 11 is 0. The van der Waals surface area contributed by atoms with Crippen LogP contribution in [0.4, 0.5) is 0 Å². The number of ether oxygens (including phenoxy) is 1. The van der Waals surface area contributed by atoms with Crippen LogP contribution < -0.4 is 0 Å². The molecule has 8 heteroatoms. The molecule has 0 atom stereocenters. The lowest BCUT2D eigenvalue weighted by molar-refractivity contribution is -0.0962. The minimum absolute atomic E-state index is 0.0529. The smallest absolute Gasteiger partial charge is 0.256 e. The molecule has 32 heavy (non-hydrogen) atoms. The number of sulfonamides is 1. The highest BCUT2D eigenvalue weighted by molar-refractivity contribution is 7.89. The molecule has 0 unspecified atom stereocenters. The second-order valence-corrected chi connectivity index (χ2v) is 10.2. The lowest BCUT2D eigenvalue weighted by Crippen LogP contribution is -2.55. The Labute approximate surface area is 189 Å². The summed E-state index contributed by atoms with van der Waals surface area (Å²) in [5, 5.41) is 0. The molecule has 2 aromatic carbocycles. The Balaban J connectivity index is 1.48. The van der Waals surface area contributed by atoms with Gasteiger partial charge in [0.15, 0.2) is 5.78 Å². The molecule has 0 aromatic heterocycles. The first kappa shape index (κ1) is 22.6. The second kappa shape index (κ2) is 8.77. The first-order valence-electron chi connectivity index (χ1n) is 10.9. The molecule has 2 aliphatic rings. The summed E-state index contributed by atoms with van der Waals surface area (Å²) in [5.74, 6) is -0.216. The van der Waals surface area contributed by atoms with Crippen molar-refractivity contribution < 1.29 is 22.7 Å². The number of Topliss-reactive ketones (excluding diaryl/α,β-unsaturated/α-hetero) is 1. The van der Waals surface area contributed by atoms with Crippen LogP contribution in [0, 0.1) is 0 Å². The normalized spacial score (nSPS) is 18.8. The third-order valence-electron chi connectivity index (χ3n) is 6.43. The molecule has 170 valence electrons. The van der Waals surface area contributed by atoms with Gasteiger partial charge in [0.2, 0.25) is 10.0 Å². The van der Waals surface area contributed by atoms with Crippen molar-refractivity contribution in [3.8, 4) is 0 Å². The molecule has 0 N–H and O–H groups in total. The van der Waals surface area contributed by atoms with Gasteiger partial charge in [0.25, 0.3) is 5.91 Å². The lowest BCUT2D eigenvalue weighted by Gasteiger charge is -2.43. The van der Waals surface area contributed by atoms with Crippen molar-refractivity contribution in [2.24, 2.45) is 0 Å². The van der Waals surface area contributed by atoms with E-state index in [1.807, 2.05) is 19.1 Å². The number of rotatable bonds is 5. The van der Waals surface area contributed by atoms with E-state index in [1.54, 1.807) is 41.3 Å². The largest absolute Gasteiger partial charge is 0.354 e. The predicted molar refractivity (Wildman–Crippen MR) is 120 cm³/mol. The van der Waals surface area contributed by atoms with Crippen molar-refractivity contribution in [1.82, 2.24) is 9.21 Å². The molecule has 2 aromatic rings. The summed E-state index contributed by atoms with van der Waals surface area (Å²) in [6.07, 6.45) is 1.68. The summed E-state index contributed by atoms with van der Waals surface area (Å²) in [6.45, 7) is 4.96. The molecule has 0 aliphatic carbocycles. The van der Waals surface area contributed by atoms with E-state index < -0.39 is 15.7 Å². The Kier molecular flexibility index (Phi) is 6.20. The van der Waals surface area contributed by atoms with Crippen LogP contribution in [-0.2, 0) is 21.2 Å². The van der Waals surface area contributed by atoms with Gasteiger partial charge in [-0.15, -0.1) is 0 Å². The van der Waals surface area contributed by atoms with E-state index in [9.17, 15) is 18.0 Å². The minimum atomic E-state index is -3.59. The molecule has 2 fully saturated rings. The molecule has 0 saturated carbocycles. The van der Waals surface area contributed by atoms with Crippen molar-refractivity contribution in [2.75, 3.05) is 26.2 Å². The van der Waals surface area contributed by atoms with E-state index in [0.29, 0.717) is 37.1 Å². The number of aryl methyl sites for hydroxylation is 1. The van der Waals surface area contributed by atoms with Crippen molar-refractivity contribution in [3.05, 3.63) is 65.2 Å². The van der Waals surface area contributed by atoms with Crippen LogP contribution in [0.3, 0.4) is 0 Å². The first-order chi connectivity index (χ1) is 15.3. The predicted octanol–water partition coefficient (Wildman–Crippen LogP) is 3.11. The molecular weight excluding hydrogens is 428 g/mol. The Morgan fingerprint density at radius 1 is 0.938 bits per heavy atom. The number of hydrogen-bond donors (Lipinski definition) is 0. The molecule has 1 spiro atoms.